The molecular weight excluding hydrogens is 270 g/mol. The molecule has 1 aliphatic heterocycles. The monoisotopic (exact) mass is 293 g/mol. The summed E-state index contributed by atoms with van der Waals surface area (Å²) in [6, 6.07) is 9.57. The summed E-state index contributed by atoms with van der Waals surface area (Å²) >= 11 is 0. The number of hydrogen-bond donors (Lipinski definition) is 1. The zero-order valence-corrected chi connectivity index (χ0v) is 12.4. The number of aliphatic hydroxyl groups excluding tert-OH is 1. The maximum atomic E-state index is 12.2. The van der Waals surface area contributed by atoms with E-state index in [0.717, 1.165) is 18.4 Å². The van der Waals surface area contributed by atoms with Crippen LogP contribution in [0.3, 0.4) is 0 Å². The minimum atomic E-state index is -0.969. The number of carbonyl (C=O) groups is 1. The highest BCUT2D eigenvalue weighted by Gasteiger charge is 2.27. The van der Waals surface area contributed by atoms with E-state index in [1.54, 1.807) is 12.0 Å². The van der Waals surface area contributed by atoms with Crippen molar-refractivity contribution < 1.29 is 19.4 Å². The number of likely N-dealkylation sites (tertiary alicyclic amines) is 1. The Bertz CT molecular complexity index is 429. The second-order valence-corrected chi connectivity index (χ2v) is 5.30. The molecule has 0 saturated carbocycles. The van der Waals surface area contributed by atoms with Crippen LogP contribution in [0.4, 0.5) is 0 Å². The number of rotatable bonds is 6. The van der Waals surface area contributed by atoms with Crippen LogP contribution in [0, 0.1) is 0 Å². The van der Waals surface area contributed by atoms with Crippen molar-refractivity contribution in [2.24, 2.45) is 0 Å². The predicted octanol–water partition coefficient (Wildman–Crippen LogP) is 1.20. The third-order valence-electron chi connectivity index (χ3n) is 3.73. The number of amides is 1. The molecule has 1 amide bonds. The van der Waals surface area contributed by atoms with Crippen molar-refractivity contribution in [2.45, 2.75) is 31.5 Å². The molecule has 0 radical (unpaired) electrons. The van der Waals surface area contributed by atoms with Gasteiger partial charge in [-0.25, -0.2) is 0 Å². The fraction of sp³-hybridized carbons (Fsp3) is 0.562. The molecule has 2 rings (SSSR count). The maximum absolute atomic E-state index is 12.2. The van der Waals surface area contributed by atoms with Crippen LogP contribution in [0.5, 0.6) is 0 Å². The molecule has 0 aromatic heterocycles. The number of carbonyl (C=O) groups excluding carboxylic acids is 1. The van der Waals surface area contributed by atoms with Gasteiger partial charge in [0, 0.05) is 26.6 Å². The molecule has 1 aromatic carbocycles. The summed E-state index contributed by atoms with van der Waals surface area (Å²) < 4.78 is 10.4. The van der Waals surface area contributed by atoms with E-state index in [4.69, 9.17) is 9.47 Å². The lowest BCUT2D eigenvalue weighted by atomic mass is 10.0. The summed E-state index contributed by atoms with van der Waals surface area (Å²) in [5.74, 6) is -0.191. The number of aliphatic hydroxyl groups is 1. The third kappa shape index (κ3) is 4.81. The third-order valence-corrected chi connectivity index (χ3v) is 3.73. The molecule has 1 fully saturated rings. The second kappa shape index (κ2) is 8.12. The Morgan fingerprint density at radius 1 is 1.33 bits per heavy atom. The standard InChI is InChI=1S/C16H23NO4/c1-20-12-21-14-7-9-17(10-8-14)16(19)15(18)11-13-5-3-2-4-6-13/h2-6,14-15,18H,7-12H2,1H3. The van der Waals surface area contributed by atoms with Crippen LogP contribution >= 0.6 is 0 Å². The molecule has 116 valence electrons. The Morgan fingerprint density at radius 3 is 2.62 bits per heavy atom. The molecule has 0 aliphatic carbocycles. The van der Waals surface area contributed by atoms with Crippen LogP contribution in [-0.2, 0) is 20.7 Å². The van der Waals surface area contributed by atoms with Crippen molar-refractivity contribution in [2.75, 3.05) is 27.0 Å². The largest absolute Gasteiger partial charge is 0.383 e. The van der Waals surface area contributed by atoms with Crippen LogP contribution in [0.25, 0.3) is 0 Å². The molecule has 5 heteroatoms. The first kappa shape index (κ1) is 15.9. The van der Waals surface area contributed by atoms with E-state index in [2.05, 4.69) is 0 Å². The quantitative estimate of drug-likeness (QED) is 0.801. The second-order valence-electron chi connectivity index (χ2n) is 5.30. The number of methoxy groups -OCH3 is 1. The lowest BCUT2D eigenvalue weighted by Crippen LogP contribution is -2.46. The summed E-state index contributed by atoms with van der Waals surface area (Å²) in [7, 11) is 1.60. The Hall–Kier alpha value is -1.43. The molecule has 1 aromatic rings. The molecule has 1 N–H and O–H groups in total. The molecule has 1 atom stereocenters. The fourth-order valence-electron chi connectivity index (χ4n) is 2.54. The minimum absolute atomic E-state index is 0.139. The van der Waals surface area contributed by atoms with E-state index in [-0.39, 0.29) is 18.8 Å². The molecule has 1 unspecified atom stereocenters. The van der Waals surface area contributed by atoms with Gasteiger partial charge in [0.25, 0.3) is 5.91 Å². The van der Waals surface area contributed by atoms with E-state index < -0.39 is 6.10 Å². The average molecular weight is 293 g/mol. The summed E-state index contributed by atoms with van der Waals surface area (Å²) in [4.78, 5) is 14.0. The zero-order valence-electron chi connectivity index (χ0n) is 12.4. The number of ether oxygens (including phenoxy) is 2. The van der Waals surface area contributed by atoms with Crippen LogP contribution < -0.4 is 0 Å². The van der Waals surface area contributed by atoms with Gasteiger partial charge in [-0.15, -0.1) is 0 Å². The molecular formula is C16H23NO4. The molecule has 0 bridgehead atoms. The van der Waals surface area contributed by atoms with Gasteiger partial charge in [-0.1, -0.05) is 30.3 Å². The van der Waals surface area contributed by atoms with Crippen molar-refractivity contribution in [1.82, 2.24) is 4.90 Å². The van der Waals surface area contributed by atoms with E-state index in [1.807, 2.05) is 30.3 Å². The smallest absolute Gasteiger partial charge is 0.251 e. The van der Waals surface area contributed by atoms with E-state index in [9.17, 15) is 9.90 Å². The van der Waals surface area contributed by atoms with Crippen LogP contribution in [0.1, 0.15) is 18.4 Å². The summed E-state index contributed by atoms with van der Waals surface area (Å²) in [6.07, 6.45) is 1.10. The average Bonchev–Trinajstić information content (AvgIpc) is 2.53. The Morgan fingerprint density at radius 2 is 2.00 bits per heavy atom. The maximum Gasteiger partial charge on any atom is 0.251 e. The first-order valence-electron chi connectivity index (χ1n) is 7.32. The van der Waals surface area contributed by atoms with Crippen LogP contribution in [0.2, 0.25) is 0 Å². The van der Waals surface area contributed by atoms with Crippen molar-refractivity contribution in [3.8, 4) is 0 Å². The highest BCUT2D eigenvalue weighted by molar-refractivity contribution is 5.81. The normalized spacial score (nSPS) is 17.7. The Labute approximate surface area is 125 Å². The van der Waals surface area contributed by atoms with Gasteiger partial charge in [-0.2, -0.15) is 0 Å². The molecule has 1 saturated heterocycles. The molecule has 5 nitrogen and oxygen atoms in total. The van der Waals surface area contributed by atoms with Crippen molar-refractivity contribution in [3.05, 3.63) is 35.9 Å². The molecule has 21 heavy (non-hydrogen) atoms. The van der Waals surface area contributed by atoms with Gasteiger partial charge in [0.05, 0.1) is 6.10 Å². The van der Waals surface area contributed by atoms with Gasteiger partial charge in [-0.3, -0.25) is 4.79 Å². The number of benzene rings is 1. The SMILES string of the molecule is COCOC1CCN(C(=O)C(O)Cc2ccccc2)CC1. The Balaban J connectivity index is 1.78. The topological polar surface area (TPSA) is 59.0 Å². The first-order chi connectivity index (χ1) is 10.2. The van der Waals surface area contributed by atoms with Gasteiger partial charge in [-0.05, 0) is 18.4 Å². The predicted molar refractivity (Wildman–Crippen MR) is 78.7 cm³/mol. The van der Waals surface area contributed by atoms with Gasteiger partial charge >= 0.3 is 0 Å². The number of piperidine rings is 1. The van der Waals surface area contributed by atoms with Crippen LogP contribution in [0.15, 0.2) is 30.3 Å². The fourth-order valence-corrected chi connectivity index (χ4v) is 2.54. The van der Waals surface area contributed by atoms with E-state index >= 15 is 0 Å². The molecule has 0 spiro atoms. The van der Waals surface area contributed by atoms with Crippen molar-refractivity contribution in [3.63, 3.8) is 0 Å². The van der Waals surface area contributed by atoms with E-state index in [1.165, 1.54) is 0 Å². The summed E-state index contributed by atoms with van der Waals surface area (Å²) in [6.45, 7) is 1.54. The van der Waals surface area contributed by atoms with E-state index in [0.29, 0.717) is 19.5 Å². The van der Waals surface area contributed by atoms with Crippen molar-refractivity contribution in [1.29, 1.82) is 0 Å². The first-order valence-corrected chi connectivity index (χ1v) is 7.32. The molecule has 1 heterocycles. The zero-order chi connectivity index (χ0) is 15.1. The summed E-state index contributed by atoms with van der Waals surface area (Å²) in [5.41, 5.74) is 0.969. The number of nitrogens with zero attached hydrogens (tertiary/aromatic N) is 1. The molecule has 1 aliphatic rings. The Kier molecular flexibility index (Phi) is 6.17. The lowest BCUT2D eigenvalue weighted by molar-refractivity contribution is -0.144. The van der Waals surface area contributed by atoms with Gasteiger partial charge in [0.1, 0.15) is 12.9 Å². The van der Waals surface area contributed by atoms with Gasteiger partial charge in [0.2, 0.25) is 0 Å². The van der Waals surface area contributed by atoms with Crippen molar-refractivity contribution >= 4 is 5.91 Å². The van der Waals surface area contributed by atoms with Crippen LogP contribution in [-0.4, -0.2) is 55.1 Å². The van der Waals surface area contributed by atoms with Gasteiger partial charge in [0.15, 0.2) is 0 Å². The summed E-state index contributed by atoms with van der Waals surface area (Å²) in [5, 5.41) is 10.1. The highest BCUT2D eigenvalue weighted by atomic mass is 16.7. The van der Waals surface area contributed by atoms with Gasteiger partial charge < -0.3 is 19.5 Å². The number of hydrogen-bond acceptors (Lipinski definition) is 4. The highest BCUT2D eigenvalue weighted by Crippen LogP contribution is 2.15. The minimum Gasteiger partial charge on any atom is -0.383 e. The lowest BCUT2D eigenvalue weighted by Gasteiger charge is -2.33.